The van der Waals surface area contributed by atoms with Crippen LogP contribution in [0.2, 0.25) is 0 Å². The Labute approximate surface area is 202 Å². The van der Waals surface area contributed by atoms with Crippen molar-refractivity contribution < 1.29 is 32.8 Å². The smallest absolute Gasteiger partial charge is 0.205 e. The second kappa shape index (κ2) is 10.3. The summed E-state index contributed by atoms with van der Waals surface area (Å²) in [4.78, 5) is 13.3. The van der Waals surface area contributed by atoms with Crippen LogP contribution in [0.5, 0.6) is 34.5 Å². The second-order valence-electron chi connectivity index (χ2n) is 7.45. The molecular weight excluding hydrogens is 452 g/mol. The van der Waals surface area contributed by atoms with E-state index >= 15 is 0 Å². The van der Waals surface area contributed by atoms with Gasteiger partial charge in [-0.3, -0.25) is 4.79 Å². The lowest BCUT2D eigenvalue weighted by atomic mass is 10.1. The van der Waals surface area contributed by atoms with Crippen molar-refractivity contribution in [2.45, 2.75) is 6.61 Å². The molecule has 0 atom stereocenters. The summed E-state index contributed by atoms with van der Waals surface area (Å²) in [5.41, 5.74) is 1.34. The van der Waals surface area contributed by atoms with Crippen LogP contribution in [0.15, 0.2) is 63.8 Å². The summed E-state index contributed by atoms with van der Waals surface area (Å²) in [6, 6.07) is 16.1. The molecule has 4 aromatic rings. The fourth-order valence-corrected chi connectivity index (χ4v) is 3.88. The first kappa shape index (κ1) is 23.8. The molecule has 3 aromatic carbocycles. The molecule has 0 aliphatic rings. The zero-order chi connectivity index (χ0) is 24.9. The van der Waals surface area contributed by atoms with E-state index in [0.29, 0.717) is 40.9 Å². The molecule has 0 aliphatic heterocycles. The number of hydrogen-bond acceptors (Lipinski definition) is 8. The van der Waals surface area contributed by atoms with Crippen molar-refractivity contribution >= 4 is 11.0 Å². The average Bonchev–Trinajstić information content (AvgIpc) is 2.90. The predicted molar refractivity (Wildman–Crippen MR) is 131 cm³/mol. The molecule has 0 aliphatic carbocycles. The van der Waals surface area contributed by atoms with Crippen LogP contribution in [0.1, 0.15) is 5.56 Å². The van der Waals surface area contributed by atoms with Crippen molar-refractivity contribution in [2.75, 3.05) is 35.5 Å². The summed E-state index contributed by atoms with van der Waals surface area (Å²) in [7, 11) is 7.50. The third-order valence-electron chi connectivity index (χ3n) is 5.52. The lowest BCUT2D eigenvalue weighted by molar-refractivity contribution is 0.282. The fraction of sp³-hybridized carbons (Fsp3) is 0.222. The van der Waals surface area contributed by atoms with Gasteiger partial charge < -0.3 is 32.8 Å². The van der Waals surface area contributed by atoms with E-state index in [4.69, 9.17) is 32.8 Å². The van der Waals surface area contributed by atoms with Gasteiger partial charge in [-0.25, -0.2) is 0 Å². The maximum Gasteiger partial charge on any atom is 0.205 e. The van der Waals surface area contributed by atoms with Gasteiger partial charge in [0.15, 0.2) is 28.3 Å². The molecule has 0 spiro atoms. The summed E-state index contributed by atoms with van der Waals surface area (Å²) >= 11 is 0. The molecule has 0 fully saturated rings. The van der Waals surface area contributed by atoms with Gasteiger partial charge in [0.2, 0.25) is 11.5 Å². The highest BCUT2D eigenvalue weighted by Gasteiger charge is 2.24. The molecule has 35 heavy (non-hydrogen) atoms. The highest BCUT2D eigenvalue weighted by atomic mass is 16.5. The molecule has 1 aromatic heterocycles. The quantitative estimate of drug-likeness (QED) is 0.329. The van der Waals surface area contributed by atoms with Crippen LogP contribution in [0.25, 0.3) is 22.3 Å². The molecular formula is C27H26O8. The van der Waals surface area contributed by atoms with Gasteiger partial charge in [0.05, 0.1) is 41.1 Å². The van der Waals surface area contributed by atoms with E-state index in [2.05, 4.69) is 0 Å². The van der Waals surface area contributed by atoms with Gasteiger partial charge in [-0.05, 0) is 17.7 Å². The Balaban J connectivity index is 1.92. The normalized spacial score (nSPS) is 10.7. The van der Waals surface area contributed by atoms with Crippen molar-refractivity contribution in [3.63, 3.8) is 0 Å². The number of fused-ring (bicyclic) bond motifs is 1. The maximum absolute atomic E-state index is 13.3. The summed E-state index contributed by atoms with van der Waals surface area (Å²) in [5, 5.41) is 0.236. The summed E-state index contributed by atoms with van der Waals surface area (Å²) in [6.45, 7) is 0.291. The molecule has 0 amide bonds. The van der Waals surface area contributed by atoms with E-state index in [1.807, 2.05) is 30.3 Å². The molecule has 0 bridgehead atoms. The molecule has 1 heterocycles. The molecule has 0 saturated heterocycles. The topological polar surface area (TPSA) is 85.6 Å². The van der Waals surface area contributed by atoms with E-state index in [1.165, 1.54) is 41.6 Å². The Morgan fingerprint density at radius 3 is 2.00 bits per heavy atom. The minimum Gasteiger partial charge on any atom is -0.496 e. The number of benzene rings is 3. The van der Waals surface area contributed by atoms with Crippen molar-refractivity contribution in [3.8, 4) is 45.8 Å². The number of methoxy groups -OCH3 is 5. The van der Waals surface area contributed by atoms with Gasteiger partial charge in [-0.1, -0.05) is 30.3 Å². The molecule has 182 valence electrons. The van der Waals surface area contributed by atoms with Crippen molar-refractivity contribution in [1.29, 1.82) is 0 Å². The van der Waals surface area contributed by atoms with E-state index < -0.39 is 0 Å². The molecule has 8 nitrogen and oxygen atoms in total. The SMILES string of the molecule is COc1ccc(-c2cc(=O)c3c(OC)cc(OCc4ccccc4)c(OC)c3o2)c(OC)c1OC. The first-order valence-electron chi connectivity index (χ1n) is 10.7. The van der Waals surface area contributed by atoms with Crippen LogP contribution in [0.4, 0.5) is 0 Å². The minimum absolute atomic E-state index is 0.189. The molecule has 0 radical (unpaired) electrons. The lowest BCUT2D eigenvalue weighted by Gasteiger charge is -2.17. The largest absolute Gasteiger partial charge is 0.496 e. The monoisotopic (exact) mass is 478 g/mol. The van der Waals surface area contributed by atoms with Crippen LogP contribution in [-0.4, -0.2) is 35.5 Å². The predicted octanol–water partition coefficient (Wildman–Crippen LogP) is 5.08. The van der Waals surface area contributed by atoms with Crippen LogP contribution in [0, 0.1) is 0 Å². The standard InChI is InChI=1S/C27H26O8/c1-29-19-12-11-17(24(31-3)25(19)32-4)20-13-18(28)23-21(30-2)14-22(26(33-5)27(23)35-20)34-15-16-9-7-6-8-10-16/h6-14H,15H2,1-5H3. The highest BCUT2D eigenvalue weighted by Crippen LogP contribution is 2.46. The highest BCUT2D eigenvalue weighted by molar-refractivity contribution is 5.92. The Morgan fingerprint density at radius 2 is 1.37 bits per heavy atom. The van der Waals surface area contributed by atoms with E-state index in [0.717, 1.165) is 5.56 Å². The Hall–Kier alpha value is -4.33. The number of ether oxygens (including phenoxy) is 6. The van der Waals surface area contributed by atoms with Gasteiger partial charge in [0.25, 0.3) is 0 Å². The molecule has 0 unspecified atom stereocenters. The first-order chi connectivity index (χ1) is 17.1. The minimum atomic E-state index is -0.317. The van der Waals surface area contributed by atoms with Crippen LogP contribution >= 0.6 is 0 Å². The molecule has 0 N–H and O–H groups in total. The third kappa shape index (κ3) is 4.42. The van der Waals surface area contributed by atoms with Crippen molar-refractivity contribution in [2.24, 2.45) is 0 Å². The summed E-state index contributed by atoms with van der Waals surface area (Å²) in [6.07, 6.45) is 0. The van der Waals surface area contributed by atoms with E-state index in [-0.39, 0.29) is 27.9 Å². The number of hydrogen-bond donors (Lipinski definition) is 0. The van der Waals surface area contributed by atoms with Gasteiger partial charge in [0.1, 0.15) is 23.5 Å². The second-order valence-corrected chi connectivity index (χ2v) is 7.45. The maximum atomic E-state index is 13.3. The average molecular weight is 478 g/mol. The summed E-state index contributed by atoms with van der Waals surface area (Å²) in [5.74, 6) is 2.42. The zero-order valence-electron chi connectivity index (χ0n) is 20.2. The Kier molecular flexibility index (Phi) is 7.01. The number of rotatable bonds is 9. The van der Waals surface area contributed by atoms with Gasteiger partial charge in [-0.15, -0.1) is 0 Å². The fourth-order valence-electron chi connectivity index (χ4n) is 3.88. The van der Waals surface area contributed by atoms with Gasteiger partial charge in [-0.2, -0.15) is 0 Å². The Bertz CT molecular complexity index is 1390. The van der Waals surface area contributed by atoms with E-state index in [1.54, 1.807) is 18.2 Å². The van der Waals surface area contributed by atoms with Crippen molar-refractivity contribution in [3.05, 3.63) is 70.4 Å². The van der Waals surface area contributed by atoms with Gasteiger partial charge in [0, 0.05) is 12.1 Å². The molecule has 0 saturated carbocycles. The van der Waals surface area contributed by atoms with Crippen LogP contribution in [-0.2, 0) is 6.61 Å². The van der Waals surface area contributed by atoms with Crippen LogP contribution in [0.3, 0.4) is 0 Å². The zero-order valence-corrected chi connectivity index (χ0v) is 20.2. The molecule has 8 heteroatoms. The Morgan fingerprint density at radius 1 is 0.686 bits per heavy atom. The molecule has 4 rings (SSSR count). The van der Waals surface area contributed by atoms with Crippen LogP contribution < -0.4 is 33.8 Å². The first-order valence-corrected chi connectivity index (χ1v) is 10.7. The van der Waals surface area contributed by atoms with Gasteiger partial charge >= 0.3 is 0 Å². The summed E-state index contributed by atoms with van der Waals surface area (Å²) < 4.78 is 39.8. The lowest BCUT2D eigenvalue weighted by Crippen LogP contribution is -2.06. The van der Waals surface area contributed by atoms with E-state index in [9.17, 15) is 4.79 Å². The third-order valence-corrected chi connectivity index (χ3v) is 5.52. The van der Waals surface area contributed by atoms with Crippen molar-refractivity contribution in [1.82, 2.24) is 0 Å².